The van der Waals surface area contributed by atoms with Gasteiger partial charge in [-0.2, -0.15) is 0 Å². The van der Waals surface area contributed by atoms with Crippen molar-refractivity contribution in [1.29, 1.82) is 0 Å². The van der Waals surface area contributed by atoms with Crippen molar-refractivity contribution >= 4 is 0 Å². The standard InChI is InChI=1S/C13H23N3O/c1-9(2)16-6-4-5-11(8-16)13-15-7-12(17-13)10(3)14/h7,9-11H,4-6,8,14H2,1-3H3. The minimum absolute atomic E-state index is 0.0685. The summed E-state index contributed by atoms with van der Waals surface area (Å²) in [6.07, 6.45) is 4.16. The van der Waals surface area contributed by atoms with Gasteiger partial charge in [-0.25, -0.2) is 4.98 Å². The van der Waals surface area contributed by atoms with Crippen LogP contribution in [-0.4, -0.2) is 29.0 Å². The summed E-state index contributed by atoms with van der Waals surface area (Å²) in [5, 5.41) is 0. The molecule has 0 aromatic carbocycles. The van der Waals surface area contributed by atoms with Crippen LogP contribution in [0.3, 0.4) is 0 Å². The Hall–Kier alpha value is -0.870. The van der Waals surface area contributed by atoms with Gasteiger partial charge in [0.15, 0.2) is 5.89 Å². The van der Waals surface area contributed by atoms with E-state index >= 15 is 0 Å². The number of likely N-dealkylation sites (tertiary alicyclic amines) is 1. The van der Waals surface area contributed by atoms with E-state index in [9.17, 15) is 0 Å². The molecule has 1 fully saturated rings. The zero-order chi connectivity index (χ0) is 12.4. The van der Waals surface area contributed by atoms with Gasteiger partial charge in [0.05, 0.1) is 12.2 Å². The molecule has 2 unspecified atom stereocenters. The van der Waals surface area contributed by atoms with Crippen molar-refractivity contribution in [3.05, 3.63) is 17.8 Å². The third-order valence-electron chi connectivity index (χ3n) is 3.52. The third kappa shape index (κ3) is 2.87. The first kappa shape index (κ1) is 12.6. The summed E-state index contributed by atoms with van der Waals surface area (Å²) in [5.74, 6) is 2.09. The number of oxazole rings is 1. The Labute approximate surface area is 103 Å². The van der Waals surface area contributed by atoms with Gasteiger partial charge in [0.25, 0.3) is 0 Å². The molecular weight excluding hydrogens is 214 g/mol. The summed E-state index contributed by atoms with van der Waals surface area (Å²) >= 11 is 0. The van der Waals surface area contributed by atoms with Gasteiger partial charge >= 0.3 is 0 Å². The zero-order valence-electron chi connectivity index (χ0n) is 11.0. The van der Waals surface area contributed by atoms with Gasteiger partial charge in [-0.3, -0.25) is 0 Å². The summed E-state index contributed by atoms with van der Waals surface area (Å²) in [4.78, 5) is 6.87. The quantitative estimate of drug-likeness (QED) is 0.876. The minimum Gasteiger partial charge on any atom is -0.444 e. The summed E-state index contributed by atoms with van der Waals surface area (Å²) in [6.45, 7) is 8.65. The van der Waals surface area contributed by atoms with Gasteiger partial charge in [-0.1, -0.05) is 0 Å². The monoisotopic (exact) mass is 237 g/mol. The summed E-state index contributed by atoms with van der Waals surface area (Å²) < 4.78 is 5.75. The average molecular weight is 237 g/mol. The number of piperidine rings is 1. The molecule has 1 aliphatic rings. The van der Waals surface area contributed by atoms with Gasteiger partial charge in [-0.05, 0) is 40.2 Å². The molecule has 0 spiro atoms. The van der Waals surface area contributed by atoms with E-state index in [1.165, 1.54) is 19.4 Å². The van der Waals surface area contributed by atoms with Crippen molar-refractivity contribution < 1.29 is 4.42 Å². The first-order valence-corrected chi connectivity index (χ1v) is 6.53. The van der Waals surface area contributed by atoms with Crippen LogP contribution in [0.2, 0.25) is 0 Å². The molecule has 1 aromatic rings. The number of hydrogen-bond donors (Lipinski definition) is 1. The second-order valence-corrected chi connectivity index (χ2v) is 5.32. The van der Waals surface area contributed by atoms with Gasteiger partial charge in [0.2, 0.25) is 0 Å². The molecule has 0 bridgehead atoms. The molecule has 2 rings (SSSR count). The molecule has 1 aliphatic heterocycles. The lowest BCUT2D eigenvalue weighted by Gasteiger charge is -2.34. The number of aromatic nitrogens is 1. The molecule has 17 heavy (non-hydrogen) atoms. The average Bonchev–Trinajstić information content (AvgIpc) is 2.78. The predicted molar refractivity (Wildman–Crippen MR) is 67.8 cm³/mol. The SMILES string of the molecule is CC(N)c1cnc(C2CCCN(C(C)C)C2)o1. The molecule has 0 radical (unpaired) electrons. The van der Waals surface area contributed by atoms with Crippen LogP contribution in [0.4, 0.5) is 0 Å². The first-order chi connectivity index (χ1) is 8.08. The second-order valence-electron chi connectivity index (χ2n) is 5.32. The lowest BCUT2D eigenvalue weighted by atomic mass is 9.97. The fourth-order valence-electron chi connectivity index (χ4n) is 2.38. The lowest BCUT2D eigenvalue weighted by molar-refractivity contribution is 0.156. The van der Waals surface area contributed by atoms with Gasteiger partial charge in [-0.15, -0.1) is 0 Å². The Morgan fingerprint density at radius 3 is 2.82 bits per heavy atom. The number of nitrogens with zero attached hydrogens (tertiary/aromatic N) is 2. The topological polar surface area (TPSA) is 55.3 Å². The summed E-state index contributed by atoms with van der Waals surface area (Å²) in [7, 11) is 0. The Kier molecular flexibility index (Phi) is 3.84. The van der Waals surface area contributed by atoms with Crippen molar-refractivity contribution in [1.82, 2.24) is 9.88 Å². The van der Waals surface area contributed by atoms with Crippen LogP contribution >= 0.6 is 0 Å². The second kappa shape index (κ2) is 5.19. The van der Waals surface area contributed by atoms with Crippen molar-refractivity contribution in [2.45, 2.75) is 51.6 Å². The number of nitrogens with two attached hydrogens (primary N) is 1. The maximum absolute atomic E-state index is 5.79. The first-order valence-electron chi connectivity index (χ1n) is 6.53. The molecule has 2 N–H and O–H groups in total. The van der Waals surface area contributed by atoms with E-state index in [4.69, 9.17) is 10.2 Å². The Morgan fingerprint density at radius 1 is 1.47 bits per heavy atom. The normalized spacial score (nSPS) is 24.2. The van der Waals surface area contributed by atoms with Crippen molar-refractivity contribution in [3.8, 4) is 0 Å². The minimum atomic E-state index is -0.0685. The lowest BCUT2D eigenvalue weighted by Crippen LogP contribution is -2.39. The van der Waals surface area contributed by atoms with E-state index in [0.717, 1.165) is 18.2 Å². The van der Waals surface area contributed by atoms with E-state index in [2.05, 4.69) is 23.7 Å². The number of hydrogen-bond acceptors (Lipinski definition) is 4. The summed E-state index contributed by atoms with van der Waals surface area (Å²) in [5.41, 5.74) is 5.79. The highest BCUT2D eigenvalue weighted by Crippen LogP contribution is 2.28. The Morgan fingerprint density at radius 2 is 2.24 bits per heavy atom. The Balaban J connectivity index is 2.05. The molecule has 96 valence electrons. The molecule has 2 heterocycles. The van der Waals surface area contributed by atoms with Crippen LogP contribution in [0.5, 0.6) is 0 Å². The van der Waals surface area contributed by atoms with Crippen LogP contribution in [0.1, 0.15) is 57.2 Å². The maximum atomic E-state index is 5.79. The largest absolute Gasteiger partial charge is 0.444 e. The fraction of sp³-hybridized carbons (Fsp3) is 0.769. The third-order valence-corrected chi connectivity index (χ3v) is 3.52. The van der Waals surface area contributed by atoms with E-state index in [1.807, 2.05) is 6.92 Å². The Bertz CT molecular complexity index is 359. The van der Waals surface area contributed by atoms with E-state index in [0.29, 0.717) is 12.0 Å². The highest BCUT2D eigenvalue weighted by atomic mass is 16.4. The van der Waals surface area contributed by atoms with Crippen LogP contribution < -0.4 is 5.73 Å². The number of rotatable bonds is 3. The molecule has 1 aromatic heterocycles. The summed E-state index contributed by atoms with van der Waals surface area (Å²) in [6, 6.07) is 0.529. The van der Waals surface area contributed by atoms with Crippen LogP contribution in [0.15, 0.2) is 10.6 Å². The molecule has 1 saturated heterocycles. The molecule has 2 atom stereocenters. The molecule has 4 nitrogen and oxygen atoms in total. The van der Waals surface area contributed by atoms with E-state index < -0.39 is 0 Å². The van der Waals surface area contributed by atoms with Crippen LogP contribution in [0.25, 0.3) is 0 Å². The van der Waals surface area contributed by atoms with Crippen LogP contribution in [0, 0.1) is 0 Å². The molecule has 4 heteroatoms. The zero-order valence-corrected chi connectivity index (χ0v) is 11.0. The van der Waals surface area contributed by atoms with Gasteiger partial charge < -0.3 is 15.1 Å². The molecule has 0 saturated carbocycles. The van der Waals surface area contributed by atoms with E-state index in [-0.39, 0.29) is 6.04 Å². The van der Waals surface area contributed by atoms with Gasteiger partial charge in [0.1, 0.15) is 5.76 Å². The molecule has 0 aliphatic carbocycles. The van der Waals surface area contributed by atoms with Crippen molar-refractivity contribution in [2.24, 2.45) is 5.73 Å². The van der Waals surface area contributed by atoms with E-state index in [1.54, 1.807) is 6.20 Å². The maximum Gasteiger partial charge on any atom is 0.198 e. The highest BCUT2D eigenvalue weighted by Gasteiger charge is 2.26. The van der Waals surface area contributed by atoms with Crippen molar-refractivity contribution in [2.75, 3.05) is 13.1 Å². The van der Waals surface area contributed by atoms with Crippen molar-refractivity contribution in [3.63, 3.8) is 0 Å². The molecular formula is C13H23N3O. The van der Waals surface area contributed by atoms with Gasteiger partial charge in [0, 0.05) is 18.5 Å². The smallest absolute Gasteiger partial charge is 0.198 e. The highest BCUT2D eigenvalue weighted by molar-refractivity contribution is 5.03. The van der Waals surface area contributed by atoms with Crippen LogP contribution in [-0.2, 0) is 0 Å². The predicted octanol–water partition coefficient (Wildman–Crippen LogP) is 2.28. The molecule has 0 amide bonds. The fourth-order valence-corrected chi connectivity index (χ4v) is 2.38.